The van der Waals surface area contributed by atoms with Crippen molar-refractivity contribution in [3.8, 4) is 5.75 Å². The Morgan fingerprint density at radius 2 is 1.86 bits per heavy atom. The van der Waals surface area contributed by atoms with Gasteiger partial charge in [0.15, 0.2) is 5.65 Å². The highest BCUT2D eigenvalue weighted by Gasteiger charge is 2.05. The second-order valence-corrected chi connectivity index (χ2v) is 5.93. The van der Waals surface area contributed by atoms with Gasteiger partial charge in [0.1, 0.15) is 5.75 Å². The first-order valence-electron chi connectivity index (χ1n) is 7.14. The van der Waals surface area contributed by atoms with Crippen molar-refractivity contribution in [2.24, 2.45) is 0 Å². The number of fused-ring (bicyclic) bond motifs is 1. The fourth-order valence-electron chi connectivity index (χ4n) is 2.10. The van der Waals surface area contributed by atoms with Gasteiger partial charge in [-0.25, -0.2) is 9.48 Å². The van der Waals surface area contributed by atoms with Gasteiger partial charge in [0.25, 0.3) is 0 Å². The standard InChI is InChI=1S/C16H17N3O2S/c20-16-18-9-5-4-8-15(18)17-19(16)10-12-22-13-11-21-14-6-2-1-3-7-14/h1-9H,10-13H2. The van der Waals surface area contributed by atoms with Crippen LogP contribution in [0.2, 0.25) is 0 Å². The number of pyridine rings is 1. The summed E-state index contributed by atoms with van der Waals surface area (Å²) in [7, 11) is 0. The summed E-state index contributed by atoms with van der Waals surface area (Å²) >= 11 is 1.75. The molecule has 5 nitrogen and oxygen atoms in total. The zero-order chi connectivity index (χ0) is 15.2. The molecule has 0 fully saturated rings. The van der Waals surface area contributed by atoms with Crippen LogP contribution in [0, 0.1) is 0 Å². The Morgan fingerprint density at radius 3 is 2.68 bits per heavy atom. The van der Waals surface area contributed by atoms with E-state index in [-0.39, 0.29) is 5.69 Å². The molecule has 3 aromatic rings. The van der Waals surface area contributed by atoms with Gasteiger partial charge in [0.05, 0.1) is 13.2 Å². The summed E-state index contributed by atoms with van der Waals surface area (Å²) in [5, 5.41) is 4.30. The summed E-state index contributed by atoms with van der Waals surface area (Å²) in [5.41, 5.74) is 0.599. The van der Waals surface area contributed by atoms with Gasteiger partial charge in [-0.05, 0) is 24.3 Å². The van der Waals surface area contributed by atoms with E-state index in [1.54, 1.807) is 22.4 Å². The van der Waals surface area contributed by atoms with E-state index in [1.807, 2.05) is 48.5 Å². The van der Waals surface area contributed by atoms with Crippen LogP contribution in [0.3, 0.4) is 0 Å². The molecule has 22 heavy (non-hydrogen) atoms. The van der Waals surface area contributed by atoms with E-state index in [4.69, 9.17) is 4.74 Å². The van der Waals surface area contributed by atoms with Crippen LogP contribution in [0.4, 0.5) is 0 Å². The maximum atomic E-state index is 12.1. The summed E-state index contributed by atoms with van der Waals surface area (Å²) < 4.78 is 8.69. The molecule has 0 bridgehead atoms. The Morgan fingerprint density at radius 1 is 1.05 bits per heavy atom. The monoisotopic (exact) mass is 315 g/mol. The van der Waals surface area contributed by atoms with Crippen LogP contribution in [-0.4, -0.2) is 32.3 Å². The molecule has 1 aromatic carbocycles. The zero-order valence-corrected chi connectivity index (χ0v) is 12.9. The van der Waals surface area contributed by atoms with Crippen LogP contribution in [0.15, 0.2) is 59.5 Å². The van der Waals surface area contributed by atoms with Crippen molar-refractivity contribution >= 4 is 17.4 Å². The summed E-state index contributed by atoms with van der Waals surface area (Å²) in [6.45, 7) is 1.27. The smallest absolute Gasteiger partial charge is 0.350 e. The normalized spacial score (nSPS) is 10.9. The summed E-state index contributed by atoms with van der Waals surface area (Å²) in [5.74, 6) is 2.61. The van der Waals surface area contributed by atoms with E-state index in [0.717, 1.165) is 17.3 Å². The Hall–Kier alpha value is -2.21. The molecular formula is C16H17N3O2S. The van der Waals surface area contributed by atoms with Gasteiger partial charge < -0.3 is 4.74 Å². The molecule has 3 rings (SSSR count). The molecule has 0 unspecified atom stereocenters. The highest BCUT2D eigenvalue weighted by Crippen LogP contribution is 2.09. The lowest BCUT2D eigenvalue weighted by Gasteiger charge is -2.05. The Bertz CT molecular complexity index is 783. The number of hydrogen-bond acceptors (Lipinski definition) is 4. The van der Waals surface area contributed by atoms with Crippen molar-refractivity contribution in [2.75, 3.05) is 18.1 Å². The molecule has 0 amide bonds. The van der Waals surface area contributed by atoms with Crippen molar-refractivity contribution < 1.29 is 4.74 Å². The number of ether oxygens (including phenoxy) is 1. The number of para-hydroxylation sites is 1. The third-order valence-corrected chi connectivity index (χ3v) is 4.10. The second-order valence-electron chi connectivity index (χ2n) is 4.71. The predicted molar refractivity (Wildman–Crippen MR) is 88.7 cm³/mol. The van der Waals surface area contributed by atoms with Gasteiger partial charge >= 0.3 is 5.69 Å². The minimum atomic E-state index is -0.0864. The van der Waals surface area contributed by atoms with E-state index >= 15 is 0 Å². The van der Waals surface area contributed by atoms with Crippen molar-refractivity contribution in [1.82, 2.24) is 14.2 Å². The molecule has 114 valence electrons. The molecule has 0 saturated heterocycles. The summed E-state index contributed by atoms with van der Waals surface area (Å²) in [4.78, 5) is 12.1. The Balaban J connectivity index is 1.43. The summed E-state index contributed by atoms with van der Waals surface area (Å²) in [6.07, 6.45) is 1.74. The molecule has 0 saturated carbocycles. The molecule has 0 aliphatic heterocycles. The van der Waals surface area contributed by atoms with Crippen molar-refractivity contribution in [1.29, 1.82) is 0 Å². The molecule has 0 radical (unpaired) electrons. The Kier molecular flexibility index (Phi) is 4.80. The third kappa shape index (κ3) is 3.51. The van der Waals surface area contributed by atoms with Crippen LogP contribution in [-0.2, 0) is 6.54 Å². The maximum absolute atomic E-state index is 12.1. The lowest BCUT2D eigenvalue weighted by molar-refractivity contribution is 0.344. The highest BCUT2D eigenvalue weighted by molar-refractivity contribution is 7.99. The van der Waals surface area contributed by atoms with Crippen LogP contribution in [0.1, 0.15) is 0 Å². The molecule has 0 aliphatic carbocycles. The number of thioether (sulfide) groups is 1. The first-order valence-corrected chi connectivity index (χ1v) is 8.30. The van der Waals surface area contributed by atoms with E-state index in [9.17, 15) is 4.79 Å². The number of benzene rings is 1. The number of nitrogens with zero attached hydrogens (tertiary/aromatic N) is 3. The third-order valence-electron chi connectivity index (χ3n) is 3.18. The molecule has 0 aliphatic rings. The molecule has 2 aromatic heterocycles. The molecule has 0 atom stereocenters. The van der Waals surface area contributed by atoms with Crippen LogP contribution < -0.4 is 10.4 Å². The van der Waals surface area contributed by atoms with E-state index in [1.165, 1.54) is 4.68 Å². The average molecular weight is 315 g/mol. The Labute approximate surface area is 132 Å². The fraction of sp³-hybridized carbons (Fsp3) is 0.250. The molecule has 0 N–H and O–H groups in total. The van der Waals surface area contributed by atoms with Crippen LogP contribution in [0.25, 0.3) is 5.65 Å². The maximum Gasteiger partial charge on any atom is 0.350 e. The fourth-order valence-corrected chi connectivity index (χ4v) is 2.81. The van der Waals surface area contributed by atoms with Crippen molar-refractivity contribution in [2.45, 2.75) is 6.54 Å². The van der Waals surface area contributed by atoms with Gasteiger partial charge in [-0.2, -0.15) is 11.8 Å². The topological polar surface area (TPSA) is 48.5 Å². The van der Waals surface area contributed by atoms with E-state index < -0.39 is 0 Å². The average Bonchev–Trinajstić information content (AvgIpc) is 2.88. The van der Waals surface area contributed by atoms with Gasteiger partial charge in [0, 0.05) is 17.7 Å². The van der Waals surface area contributed by atoms with Gasteiger partial charge in [-0.15, -0.1) is 5.10 Å². The summed E-state index contributed by atoms with van der Waals surface area (Å²) in [6, 6.07) is 15.3. The second kappa shape index (κ2) is 7.17. The van der Waals surface area contributed by atoms with Crippen molar-refractivity contribution in [3.63, 3.8) is 0 Å². The number of hydrogen-bond donors (Lipinski definition) is 0. The van der Waals surface area contributed by atoms with Crippen LogP contribution >= 0.6 is 11.8 Å². The number of aromatic nitrogens is 3. The first kappa shape index (κ1) is 14.7. The quantitative estimate of drug-likeness (QED) is 0.628. The molecule has 2 heterocycles. The van der Waals surface area contributed by atoms with Gasteiger partial charge in [-0.3, -0.25) is 4.40 Å². The lowest BCUT2D eigenvalue weighted by Crippen LogP contribution is -2.22. The molecule has 0 spiro atoms. The van der Waals surface area contributed by atoms with Crippen molar-refractivity contribution in [3.05, 3.63) is 65.2 Å². The minimum absolute atomic E-state index is 0.0864. The molecular weight excluding hydrogens is 298 g/mol. The van der Waals surface area contributed by atoms with Gasteiger partial charge in [-0.1, -0.05) is 24.3 Å². The first-order chi connectivity index (χ1) is 10.8. The largest absolute Gasteiger partial charge is 0.493 e. The molecule has 6 heteroatoms. The minimum Gasteiger partial charge on any atom is -0.493 e. The van der Waals surface area contributed by atoms with E-state index in [2.05, 4.69) is 5.10 Å². The van der Waals surface area contributed by atoms with Gasteiger partial charge in [0.2, 0.25) is 0 Å². The lowest BCUT2D eigenvalue weighted by atomic mass is 10.3. The predicted octanol–water partition coefficient (Wildman–Crippen LogP) is 2.31. The number of aryl methyl sites for hydroxylation is 1. The zero-order valence-electron chi connectivity index (χ0n) is 12.1. The van der Waals surface area contributed by atoms with E-state index in [0.29, 0.717) is 18.8 Å². The number of rotatable bonds is 7. The SMILES string of the molecule is O=c1n(CCSCCOc2ccccc2)nc2ccccn12. The van der Waals surface area contributed by atoms with Crippen LogP contribution in [0.5, 0.6) is 5.75 Å². The highest BCUT2D eigenvalue weighted by atomic mass is 32.2.